The van der Waals surface area contributed by atoms with Crippen molar-refractivity contribution in [3.63, 3.8) is 0 Å². The predicted molar refractivity (Wildman–Crippen MR) is 194 cm³/mol. The van der Waals surface area contributed by atoms with Gasteiger partial charge in [-0.1, -0.05) is 52.0 Å². The molecule has 7 unspecified atom stereocenters. The first-order valence-electron chi connectivity index (χ1n) is 17.2. The maximum atomic E-state index is 13.4. The molecule has 0 saturated heterocycles. The number of ether oxygens (including phenoxy) is 3. The van der Waals surface area contributed by atoms with Gasteiger partial charge in [-0.3, -0.25) is 33.6 Å². The standard InChI is InChI=1S/C40H47NO12/c1-19(36(51-26(8)43)24(6)38(53-28(10)45)25(7)37(52-27(9)44)20(2)15-12-16-42)13-11-14-21(3)40(49)41-30-18-31(46)32-29-17-22(4)50-39(29)23(5)34(47)33(32)35(30)48/h11-20,24-25,36-38,47H,1-10H3,(H,41,49)/b13-11+,15-12+,21-14-. The molecule has 2 N–H and O–H groups in total. The van der Waals surface area contributed by atoms with Gasteiger partial charge >= 0.3 is 17.9 Å². The fourth-order valence-electron chi connectivity index (χ4n) is 6.64. The van der Waals surface area contributed by atoms with Crippen LogP contribution in [0.15, 0.2) is 58.2 Å². The van der Waals surface area contributed by atoms with Crippen molar-refractivity contribution in [2.75, 3.05) is 0 Å². The van der Waals surface area contributed by atoms with Crippen LogP contribution in [0.25, 0.3) is 11.0 Å². The first-order chi connectivity index (χ1) is 24.8. The summed E-state index contributed by atoms with van der Waals surface area (Å²) in [4.78, 5) is 87.3. The number of carbonyl (C=O) groups excluding carboxylic acids is 7. The highest BCUT2D eigenvalue weighted by molar-refractivity contribution is 6.30. The summed E-state index contributed by atoms with van der Waals surface area (Å²) in [6.07, 6.45) is 6.63. The van der Waals surface area contributed by atoms with Gasteiger partial charge in [-0.15, -0.1) is 0 Å². The molecular weight excluding hydrogens is 686 g/mol. The Labute approximate surface area is 308 Å². The molecule has 0 radical (unpaired) electrons. The van der Waals surface area contributed by atoms with Gasteiger partial charge in [0, 0.05) is 72.6 Å². The molecule has 0 fully saturated rings. The molecule has 1 amide bonds. The number of amides is 1. The van der Waals surface area contributed by atoms with Crippen LogP contribution in [0.2, 0.25) is 0 Å². The SMILES string of the molecule is CC(=O)OC(C(C)/C=C/C=O)C(C)C(OC(C)=O)C(C)C(OC(C)=O)C(C)/C=C/C=C(/C)C(=O)NC1=CC(=O)c2c(c(O)c(C)c3oc(C)cc23)C1=O. The lowest BCUT2D eigenvalue weighted by Crippen LogP contribution is -2.47. The van der Waals surface area contributed by atoms with Crippen LogP contribution < -0.4 is 5.32 Å². The van der Waals surface area contributed by atoms with Crippen LogP contribution in [0.5, 0.6) is 5.75 Å². The number of aromatic hydroxyl groups is 1. The summed E-state index contributed by atoms with van der Waals surface area (Å²) >= 11 is 0. The zero-order valence-electron chi connectivity index (χ0n) is 31.6. The zero-order chi connectivity index (χ0) is 39.9. The Morgan fingerprint density at radius 1 is 0.792 bits per heavy atom. The molecule has 0 aliphatic heterocycles. The second kappa shape index (κ2) is 17.8. The molecule has 1 aliphatic carbocycles. The largest absolute Gasteiger partial charge is 0.507 e. The van der Waals surface area contributed by atoms with Crippen LogP contribution in [0, 0.1) is 37.5 Å². The summed E-state index contributed by atoms with van der Waals surface area (Å²) in [6, 6.07) is 1.61. The lowest BCUT2D eigenvalue weighted by molar-refractivity contribution is -0.172. The van der Waals surface area contributed by atoms with Crippen molar-refractivity contribution in [1.29, 1.82) is 0 Å². The molecule has 2 aromatic rings. The molecule has 1 heterocycles. The third kappa shape index (κ3) is 9.85. The lowest BCUT2D eigenvalue weighted by Gasteiger charge is -2.39. The number of hydrogen-bond acceptors (Lipinski definition) is 12. The zero-order valence-corrected chi connectivity index (χ0v) is 31.6. The van der Waals surface area contributed by atoms with Crippen molar-refractivity contribution in [2.24, 2.45) is 23.7 Å². The summed E-state index contributed by atoms with van der Waals surface area (Å²) in [5.41, 5.74) is 0.228. The minimum atomic E-state index is -0.904. The van der Waals surface area contributed by atoms with E-state index in [0.29, 0.717) is 23.0 Å². The fourth-order valence-corrected chi connectivity index (χ4v) is 6.64. The van der Waals surface area contributed by atoms with Crippen LogP contribution in [0.1, 0.15) is 87.4 Å². The average Bonchev–Trinajstić information content (AvgIpc) is 3.47. The van der Waals surface area contributed by atoms with Crippen molar-refractivity contribution in [3.8, 4) is 5.75 Å². The van der Waals surface area contributed by atoms with Crippen molar-refractivity contribution < 1.29 is 57.3 Å². The van der Waals surface area contributed by atoms with Gasteiger partial charge in [-0.2, -0.15) is 0 Å². The van der Waals surface area contributed by atoms with Gasteiger partial charge in [-0.25, -0.2) is 0 Å². The number of phenolic OH excluding ortho intramolecular Hbond substituents is 1. The number of allylic oxidation sites excluding steroid dienone is 5. The Morgan fingerprint density at radius 3 is 1.81 bits per heavy atom. The molecule has 53 heavy (non-hydrogen) atoms. The van der Waals surface area contributed by atoms with E-state index in [-0.39, 0.29) is 28.0 Å². The Balaban J connectivity index is 1.85. The van der Waals surface area contributed by atoms with Gasteiger partial charge in [0.25, 0.3) is 5.91 Å². The molecule has 0 saturated carbocycles. The van der Waals surface area contributed by atoms with Crippen LogP contribution in [-0.4, -0.2) is 65.1 Å². The van der Waals surface area contributed by atoms with E-state index in [2.05, 4.69) is 5.32 Å². The molecule has 13 nitrogen and oxygen atoms in total. The summed E-state index contributed by atoms with van der Waals surface area (Å²) in [6.45, 7) is 15.5. The van der Waals surface area contributed by atoms with E-state index >= 15 is 0 Å². The van der Waals surface area contributed by atoms with Gasteiger partial charge in [0.1, 0.15) is 41.7 Å². The maximum absolute atomic E-state index is 13.4. The molecule has 1 aliphatic rings. The number of carbonyl (C=O) groups is 7. The summed E-state index contributed by atoms with van der Waals surface area (Å²) in [7, 11) is 0. The second-order valence-corrected chi connectivity index (χ2v) is 13.4. The molecule has 0 bridgehead atoms. The Hall–Kier alpha value is -5.59. The average molecular weight is 734 g/mol. The van der Waals surface area contributed by atoms with E-state index in [4.69, 9.17) is 18.6 Å². The number of aldehydes is 1. The smallest absolute Gasteiger partial charge is 0.302 e. The molecule has 13 heteroatoms. The highest BCUT2D eigenvalue weighted by atomic mass is 16.6. The predicted octanol–water partition coefficient (Wildman–Crippen LogP) is 5.73. The number of fused-ring (bicyclic) bond motifs is 3. The van der Waals surface area contributed by atoms with E-state index in [1.165, 1.54) is 39.8 Å². The monoisotopic (exact) mass is 733 g/mol. The minimum Gasteiger partial charge on any atom is -0.507 e. The molecule has 284 valence electrons. The number of Topliss-reactive ketones (excluding diaryl/α,β-unsaturated/α-hetero) is 1. The Bertz CT molecular complexity index is 1930. The van der Waals surface area contributed by atoms with Crippen molar-refractivity contribution >= 4 is 52.6 Å². The molecule has 1 aromatic heterocycles. The van der Waals surface area contributed by atoms with Crippen LogP contribution in [-0.2, 0) is 38.2 Å². The second-order valence-electron chi connectivity index (χ2n) is 13.4. The van der Waals surface area contributed by atoms with Crippen LogP contribution >= 0.6 is 0 Å². The summed E-state index contributed by atoms with van der Waals surface area (Å²) < 4.78 is 22.7. The Kier molecular flexibility index (Phi) is 14.0. The third-order valence-corrected chi connectivity index (χ3v) is 9.18. The highest BCUT2D eigenvalue weighted by Gasteiger charge is 2.41. The number of esters is 3. The van der Waals surface area contributed by atoms with E-state index in [1.54, 1.807) is 65.8 Å². The topological polar surface area (TPSA) is 193 Å². The van der Waals surface area contributed by atoms with Gasteiger partial charge in [-0.05, 0) is 32.9 Å². The van der Waals surface area contributed by atoms with Crippen LogP contribution in [0.4, 0.5) is 0 Å². The van der Waals surface area contributed by atoms with Crippen molar-refractivity contribution in [1.82, 2.24) is 5.32 Å². The van der Waals surface area contributed by atoms with E-state index in [1.807, 2.05) is 0 Å². The molecule has 0 spiro atoms. The van der Waals surface area contributed by atoms with E-state index in [9.17, 15) is 38.7 Å². The number of rotatable bonds is 15. The maximum Gasteiger partial charge on any atom is 0.302 e. The first kappa shape index (κ1) is 41.8. The highest BCUT2D eigenvalue weighted by Crippen LogP contribution is 2.40. The lowest BCUT2D eigenvalue weighted by atomic mass is 9.79. The summed E-state index contributed by atoms with van der Waals surface area (Å²) in [5.74, 6) is -5.85. The number of aryl methyl sites for hydroxylation is 2. The fraction of sp³-hybridized carbons (Fsp3) is 0.425. The number of benzene rings is 1. The minimum absolute atomic E-state index is 0.000165. The molecule has 3 rings (SSSR count). The summed E-state index contributed by atoms with van der Waals surface area (Å²) in [5, 5.41) is 13.7. The van der Waals surface area contributed by atoms with Crippen LogP contribution in [0.3, 0.4) is 0 Å². The number of nitrogens with one attached hydrogen (secondary N) is 1. The molecule has 7 atom stereocenters. The van der Waals surface area contributed by atoms with E-state index < -0.39 is 83.1 Å². The molecule has 1 aromatic carbocycles. The van der Waals surface area contributed by atoms with Crippen molar-refractivity contribution in [3.05, 3.63) is 76.2 Å². The van der Waals surface area contributed by atoms with Gasteiger partial charge in [0.05, 0.1) is 11.3 Å². The number of hydrogen-bond donors (Lipinski definition) is 2. The van der Waals surface area contributed by atoms with Gasteiger partial charge < -0.3 is 29.1 Å². The number of ketones is 2. The first-order valence-corrected chi connectivity index (χ1v) is 17.2. The Morgan fingerprint density at radius 2 is 1.30 bits per heavy atom. The van der Waals surface area contributed by atoms with Gasteiger partial charge in [0.2, 0.25) is 5.78 Å². The van der Waals surface area contributed by atoms with Gasteiger partial charge in [0.15, 0.2) is 5.78 Å². The number of phenols is 1. The van der Waals surface area contributed by atoms with E-state index in [0.717, 1.165) is 6.08 Å². The molecular formula is C40H47NO12. The quantitative estimate of drug-likeness (QED) is 0.0744. The normalized spacial score (nSPS) is 17.3. The van der Waals surface area contributed by atoms with Crippen molar-refractivity contribution in [2.45, 2.75) is 87.5 Å². The third-order valence-electron chi connectivity index (χ3n) is 9.18. The number of furan rings is 1.